The van der Waals surface area contributed by atoms with Gasteiger partial charge in [0.1, 0.15) is 17.5 Å². The fourth-order valence-electron chi connectivity index (χ4n) is 4.50. The number of hydrogen-bond donors (Lipinski definition) is 1. The molecule has 1 fully saturated rings. The maximum absolute atomic E-state index is 13.4. The molecule has 6 nitrogen and oxygen atoms in total. The molecule has 0 spiro atoms. The first-order chi connectivity index (χ1) is 15.5. The molecule has 2 atom stereocenters. The number of aromatic nitrogens is 3. The summed E-state index contributed by atoms with van der Waals surface area (Å²) in [4.78, 5) is 18.2. The molecular weight excluding hydrogens is 429 g/mol. The lowest BCUT2D eigenvalue weighted by molar-refractivity contribution is -0.138. The van der Waals surface area contributed by atoms with Gasteiger partial charge >= 0.3 is 6.18 Å². The summed E-state index contributed by atoms with van der Waals surface area (Å²) < 4.78 is 40.2. The number of aryl methyl sites for hydroxylation is 1. The molecule has 3 aromatic rings. The minimum atomic E-state index is -4.39. The quantitative estimate of drug-likeness (QED) is 0.582. The van der Waals surface area contributed by atoms with Crippen LogP contribution < -0.4 is 10.2 Å². The molecule has 1 N–H and O–H groups in total. The van der Waals surface area contributed by atoms with Crippen molar-refractivity contribution < 1.29 is 13.2 Å². The molecule has 0 unspecified atom stereocenters. The molecule has 3 heterocycles. The standard InChI is InChI=1S/C24H29F3N6/c1-14-18(7-6-8-20(14)24(25,26)27)15(2)29-23-19-11-22(28-12-21(19)30-16(3)31-23)33-10-9-17(13-33)32(4)5/h6-8,11-12,15,17H,9-10,13H2,1-5H3,(H,29,30,31)/t15-,17-/m1/s1. The third-order valence-electron chi connectivity index (χ3n) is 6.40. The number of hydrogen-bond acceptors (Lipinski definition) is 6. The van der Waals surface area contributed by atoms with Crippen molar-refractivity contribution >= 4 is 22.5 Å². The number of anilines is 2. The van der Waals surface area contributed by atoms with Crippen LogP contribution in [0.4, 0.5) is 24.8 Å². The lowest BCUT2D eigenvalue weighted by Crippen LogP contribution is -2.31. The van der Waals surface area contributed by atoms with Crippen molar-refractivity contribution in [1.82, 2.24) is 19.9 Å². The van der Waals surface area contributed by atoms with Crippen molar-refractivity contribution in [2.24, 2.45) is 0 Å². The number of benzene rings is 1. The van der Waals surface area contributed by atoms with Crippen molar-refractivity contribution in [1.29, 1.82) is 0 Å². The van der Waals surface area contributed by atoms with Gasteiger partial charge in [0, 0.05) is 24.5 Å². The third kappa shape index (κ3) is 4.73. The molecule has 1 aliphatic rings. The summed E-state index contributed by atoms with van der Waals surface area (Å²) >= 11 is 0. The zero-order valence-corrected chi connectivity index (χ0v) is 19.5. The van der Waals surface area contributed by atoms with E-state index in [1.54, 1.807) is 19.2 Å². The van der Waals surface area contributed by atoms with Crippen molar-refractivity contribution in [2.45, 2.75) is 45.5 Å². The highest BCUT2D eigenvalue weighted by Crippen LogP contribution is 2.36. The van der Waals surface area contributed by atoms with Crippen molar-refractivity contribution in [3.05, 3.63) is 53.0 Å². The average Bonchev–Trinajstić information content (AvgIpc) is 3.23. The molecule has 0 radical (unpaired) electrons. The van der Waals surface area contributed by atoms with Gasteiger partial charge in [0.15, 0.2) is 0 Å². The van der Waals surface area contributed by atoms with Crippen molar-refractivity contribution in [3.8, 4) is 0 Å². The second-order valence-corrected chi connectivity index (χ2v) is 8.91. The molecule has 0 aliphatic carbocycles. The Morgan fingerprint density at radius 1 is 1.18 bits per heavy atom. The van der Waals surface area contributed by atoms with Gasteiger partial charge < -0.3 is 15.1 Å². The second kappa shape index (κ2) is 8.78. The predicted molar refractivity (Wildman–Crippen MR) is 125 cm³/mol. The fraction of sp³-hybridized carbons (Fsp3) is 0.458. The Hall–Kier alpha value is -2.94. The summed E-state index contributed by atoms with van der Waals surface area (Å²) in [5.74, 6) is 2.01. The van der Waals surface area contributed by atoms with Gasteiger partial charge in [-0.1, -0.05) is 12.1 Å². The van der Waals surface area contributed by atoms with Gasteiger partial charge in [-0.05, 0) is 64.5 Å². The Bertz CT molecular complexity index is 1160. The topological polar surface area (TPSA) is 57.2 Å². The molecule has 176 valence electrons. The lowest BCUT2D eigenvalue weighted by Gasteiger charge is -2.22. The van der Waals surface area contributed by atoms with Crippen LogP contribution in [0, 0.1) is 13.8 Å². The van der Waals surface area contributed by atoms with E-state index in [2.05, 4.69) is 44.2 Å². The van der Waals surface area contributed by atoms with Crippen LogP contribution in [0.3, 0.4) is 0 Å². The number of fused-ring (bicyclic) bond motifs is 1. The van der Waals surface area contributed by atoms with Crippen LogP contribution in [0.1, 0.15) is 41.9 Å². The largest absolute Gasteiger partial charge is 0.416 e. The normalized spacial score (nSPS) is 17.7. The molecule has 9 heteroatoms. The number of alkyl halides is 3. The number of halogens is 3. The Morgan fingerprint density at radius 2 is 1.94 bits per heavy atom. The van der Waals surface area contributed by atoms with Crippen LogP contribution in [0.15, 0.2) is 30.5 Å². The van der Waals surface area contributed by atoms with Gasteiger partial charge in [0.25, 0.3) is 0 Å². The Balaban J connectivity index is 1.68. The smallest absolute Gasteiger partial charge is 0.363 e. The zero-order valence-electron chi connectivity index (χ0n) is 19.5. The predicted octanol–water partition coefficient (Wildman–Crippen LogP) is 4.97. The number of nitrogens with zero attached hydrogens (tertiary/aromatic N) is 5. The summed E-state index contributed by atoms with van der Waals surface area (Å²) in [6.45, 7) is 6.95. The highest BCUT2D eigenvalue weighted by Gasteiger charge is 2.33. The van der Waals surface area contributed by atoms with E-state index < -0.39 is 11.7 Å². The summed E-state index contributed by atoms with van der Waals surface area (Å²) in [6.07, 6.45) is -1.58. The van der Waals surface area contributed by atoms with E-state index in [1.165, 1.54) is 13.0 Å². The Kier molecular flexibility index (Phi) is 6.18. The van der Waals surface area contributed by atoms with Gasteiger partial charge in [-0.15, -0.1) is 0 Å². The highest BCUT2D eigenvalue weighted by molar-refractivity contribution is 5.90. The van der Waals surface area contributed by atoms with E-state index >= 15 is 0 Å². The van der Waals surface area contributed by atoms with Crippen molar-refractivity contribution in [3.63, 3.8) is 0 Å². The summed E-state index contributed by atoms with van der Waals surface area (Å²) in [5.41, 5.74) is 0.879. The minimum Gasteiger partial charge on any atom is -0.363 e. The van der Waals surface area contributed by atoms with Gasteiger partial charge in [-0.3, -0.25) is 0 Å². The van der Waals surface area contributed by atoms with Crippen LogP contribution in [0.5, 0.6) is 0 Å². The molecule has 1 saturated heterocycles. The first kappa shape index (κ1) is 23.2. The summed E-state index contributed by atoms with van der Waals surface area (Å²) in [7, 11) is 4.16. The maximum Gasteiger partial charge on any atom is 0.416 e. The molecule has 0 amide bonds. The molecular formula is C24H29F3N6. The van der Waals surface area contributed by atoms with E-state index in [0.717, 1.165) is 36.8 Å². The summed E-state index contributed by atoms with van der Waals surface area (Å²) in [5, 5.41) is 4.13. The van der Waals surface area contributed by atoms with E-state index in [1.807, 2.05) is 13.0 Å². The van der Waals surface area contributed by atoms with Gasteiger partial charge in [-0.2, -0.15) is 13.2 Å². The van der Waals surface area contributed by atoms with E-state index in [0.29, 0.717) is 28.8 Å². The molecule has 1 aromatic carbocycles. The van der Waals surface area contributed by atoms with E-state index in [-0.39, 0.29) is 11.6 Å². The first-order valence-electron chi connectivity index (χ1n) is 11.0. The molecule has 33 heavy (non-hydrogen) atoms. The molecule has 2 aromatic heterocycles. The number of nitrogens with one attached hydrogen (secondary N) is 1. The van der Waals surface area contributed by atoms with Crippen LogP contribution in [0.2, 0.25) is 0 Å². The molecule has 0 bridgehead atoms. The van der Waals surface area contributed by atoms with Crippen LogP contribution in [-0.2, 0) is 6.18 Å². The number of pyridine rings is 1. The summed E-state index contributed by atoms with van der Waals surface area (Å²) in [6, 6.07) is 6.34. The Morgan fingerprint density at radius 3 is 2.61 bits per heavy atom. The highest BCUT2D eigenvalue weighted by atomic mass is 19.4. The molecule has 0 saturated carbocycles. The van der Waals surface area contributed by atoms with Crippen molar-refractivity contribution in [2.75, 3.05) is 37.4 Å². The first-order valence-corrected chi connectivity index (χ1v) is 11.0. The van der Waals surface area contributed by atoms with Gasteiger partial charge in [0.05, 0.1) is 23.3 Å². The Labute approximate surface area is 191 Å². The van der Waals surface area contributed by atoms with E-state index in [9.17, 15) is 13.2 Å². The number of rotatable bonds is 5. The number of likely N-dealkylation sites (N-methyl/N-ethyl adjacent to an activating group) is 1. The zero-order chi connectivity index (χ0) is 23.9. The average molecular weight is 459 g/mol. The molecule has 4 rings (SSSR count). The van der Waals surface area contributed by atoms with Crippen LogP contribution >= 0.6 is 0 Å². The third-order valence-corrected chi connectivity index (χ3v) is 6.40. The second-order valence-electron chi connectivity index (χ2n) is 8.91. The van der Waals surface area contributed by atoms with Crippen LogP contribution in [0.25, 0.3) is 10.9 Å². The van der Waals surface area contributed by atoms with Gasteiger partial charge in [-0.25, -0.2) is 15.0 Å². The van der Waals surface area contributed by atoms with E-state index in [4.69, 9.17) is 0 Å². The maximum atomic E-state index is 13.4. The van der Waals surface area contributed by atoms with Crippen LogP contribution in [-0.4, -0.2) is 53.1 Å². The van der Waals surface area contributed by atoms with Gasteiger partial charge in [0.2, 0.25) is 0 Å². The molecule has 1 aliphatic heterocycles. The monoisotopic (exact) mass is 458 g/mol. The lowest BCUT2D eigenvalue weighted by atomic mass is 9.97. The minimum absolute atomic E-state index is 0.217. The fourth-order valence-corrected chi connectivity index (χ4v) is 4.50. The SMILES string of the molecule is Cc1nc(N[C@H](C)c2cccc(C(F)(F)F)c2C)c2cc(N3CC[C@@H](N(C)C)C3)ncc2n1.